The molecule has 2 aromatic rings. The molecule has 0 aromatic heterocycles. The van der Waals surface area contributed by atoms with E-state index in [0.717, 1.165) is 22.5 Å². The van der Waals surface area contributed by atoms with Crippen molar-refractivity contribution in [2.24, 2.45) is 0 Å². The fraction of sp³-hybridized carbons (Fsp3) is 0.278. The van der Waals surface area contributed by atoms with Gasteiger partial charge in [0, 0.05) is 32.0 Å². The van der Waals surface area contributed by atoms with Crippen molar-refractivity contribution in [2.75, 3.05) is 24.3 Å². The van der Waals surface area contributed by atoms with Crippen molar-refractivity contribution in [2.45, 2.75) is 20.4 Å². The summed E-state index contributed by atoms with van der Waals surface area (Å²) in [5.41, 5.74) is 5.28. The molecule has 0 heterocycles. The van der Waals surface area contributed by atoms with Gasteiger partial charge in [0.1, 0.15) is 0 Å². The zero-order valence-corrected chi connectivity index (χ0v) is 13.6. The molecule has 0 bridgehead atoms. The van der Waals surface area contributed by atoms with Crippen LogP contribution in [0.3, 0.4) is 0 Å². The van der Waals surface area contributed by atoms with Crippen LogP contribution < -0.4 is 15.5 Å². The summed E-state index contributed by atoms with van der Waals surface area (Å²) in [6.07, 6.45) is 0. The Labute approximate surface area is 132 Å². The molecule has 2 rings (SSSR count). The van der Waals surface area contributed by atoms with Gasteiger partial charge >= 0.3 is 6.03 Å². The summed E-state index contributed by atoms with van der Waals surface area (Å²) in [4.78, 5) is 14.1. The van der Waals surface area contributed by atoms with Gasteiger partial charge in [-0.15, -0.1) is 0 Å². The maximum atomic E-state index is 12.0. The highest BCUT2D eigenvalue weighted by molar-refractivity contribution is 5.90. The summed E-state index contributed by atoms with van der Waals surface area (Å²) >= 11 is 0. The van der Waals surface area contributed by atoms with Gasteiger partial charge in [0.15, 0.2) is 0 Å². The fourth-order valence-electron chi connectivity index (χ4n) is 2.22. The SMILES string of the molecule is Cc1ccccc1CNC(=O)Nc1ccc(N(C)C)cc1C. The summed E-state index contributed by atoms with van der Waals surface area (Å²) in [7, 11) is 3.99. The van der Waals surface area contributed by atoms with Crippen molar-refractivity contribution in [3.8, 4) is 0 Å². The first-order valence-electron chi connectivity index (χ1n) is 7.34. The molecular formula is C18H23N3O. The second-order valence-electron chi connectivity index (χ2n) is 5.63. The van der Waals surface area contributed by atoms with Crippen molar-refractivity contribution in [3.63, 3.8) is 0 Å². The zero-order valence-electron chi connectivity index (χ0n) is 13.6. The molecule has 0 unspecified atom stereocenters. The van der Waals surface area contributed by atoms with Crippen molar-refractivity contribution >= 4 is 17.4 Å². The van der Waals surface area contributed by atoms with Crippen LogP contribution in [0.5, 0.6) is 0 Å². The summed E-state index contributed by atoms with van der Waals surface area (Å²) < 4.78 is 0. The molecule has 0 spiro atoms. The van der Waals surface area contributed by atoms with Gasteiger partial charge in [-0.3, -0.25) is 0 Å². The molecule has 0 aliphatic carbocycles. The van der Waals surface area contributed by atoms with Gasteiger partial charge < -0.3 is 15.5 Å². The van der Waals surface area contributed by atoms with Crippen LogP contribution in [-0.4, -0.2) is 20.1 Å². The number of nitrogens with zero attached hydrogens (tertiary/aromatic N) is 1. The number of anilines is 2. The fourth-order valence-corrected chi connectivity index (χ4v) is 2.22. The first kappa shape index (κ1) is 15.9. The summed E-state index contributed by atoms with van der Waals surface area (Å²) in [5, 5.41) is 5.79. The number of benzene rings is 2. The quantitative estimate of drug-likeness (QED) is 0.904. The maximum absolute atomic E-state index is 12.0. The molecule has 2 N–H and O–H groups in total. The Morgan fingerprint density at radius 1 is 1.05 bits per heavy atom. The van der Waals surface area contributed by atoms with E-state index in [2.05, 4.69) is 16.7 Å². The topological polar surface area (TPSA) is 44.4 Å². The van der Waals surface area contributed by atoms with Gasteiger partial charge in [-0.25, -0.2) is 4.79 Å². The van der Waals surface area contributed by atoms with Crippen LogP contribution in [-0.2, 0) is 6.54 Å². The van der Waals surface area contributed by atoms with E-state index in [1.165, 1.54) is 5.56 Å². The van der Waals surface area contributed by atoms with Gasteiger partial charge in [0.2, 0.25) is 0 Å². The van der Waals surface area contributed by atoms with Crippen LogP contribution in [0.25, 0.3) is 0 Å². The Morgan fingerprint density at radius 2 is 1.77 bits per heavy atom. The van der Waals surface area contributed by atoms with Crippen molar-refractivity contribution < 1.29 is 4.79 Å². The van der Waals surface area contributed by atoms with Crippen LogP contribution in [0.1, 0.15) is 16.7 Å². The van der Waals surface area contributed by atoms with E-state index in [-0.39, 0.29) is 6.03 Å². The molecule has 0 aliphatic heterocycles. The summed E-state index contributed by atoms with van der Waals surface area (Å²) in [6, 6.07) is 13.8. The Morgan fingerprint density at radius 3 is 2.41 bits per heavy atom. The molecule has 22 heavy (non-hydrogen) atoms. The van der Waals surface area contributed by atoms with Crippen molar-refractivity contribution in [1.82, 2.24) is 5.32 Å². The Kier molecular flexibility index (Phi) is 5.04. The maximum Gasteiger partial charge on any atom is 0.319 e. The molecule has 2 amide bonds. The number of amides is 2. The molecule has 0 saturated carbocycles. The highest BCUT2D eigenvalue weighted by Gasteiger charge is 2.06. The average molecular weight is 297 g/mol. The number of urea groups is 1. The van der Waals surface area contributed by atoms with Gasteiger partial charge in [-0.1, -0.05) is 24.3 Å². The van der Waals surface area contributed by atoms with E-state index in [9.17, 15) is 4.79 Å². The van der Waals surface area contributed by atoms with Crippen LogP contribution in [0.4, 0.5) is 16.2 Å². The van der Waals surface area contributed by atoms with Gasteiger partial charge in [-0.05, 0) is 48.7 Å². The monoisotopic (exact) mass is 297 g/mol. The highest BCUT2D eigenvalue weighted by Crippen LogP contribution is 2.21. The minimum absolute atomic E-state index is 0.191. The lowest BCUT2D eigenvalue weighted by atomic mass is 10.1. The Bertz CT molecular complexity index is 665. The van der Waals surface area contributed by atoms with Crippen LogP contribution in [0.2, 0.25) is 0 Å². The van der Waals surface area contributed by atoms with E-state index in [1.54, 1.807) is 0 Å². The first-order valence-corrected chi connectivity index (χ1v) is 7.34. The van der Waals surface area contributed by atoms with Crippen molar-refractivity contribution in [3.05, 3.63) is 59.2 Å². The number of aryl methyl sites for hydroxylation is 2. The number of carbonyl (C=O) groups excluding carboxylic acids is 1. The smallest absolute Gasteiger partial charge is 0.319 e. The number of rotatable bonds is 4. The summed E-state index contributed by atoms with van der Waals surface area (Å²) in [5.74, 6) is 0. The minimum Gasteiger partial charge on any atom is -0.378 e. The van der Waals surface area contributed by atoms with E-state index >= 15 is 0 Å². The highest BCUT2D eigenvalue weighted by atomic mass is 16.2. The lowest BCUT2D eigenvalue weighted by Crippen LogP contribution is -2.28. The molecule has 116 valence electrons. The molecule has 0 radical (unpaired) electrons. The van der Waals surface area contributed by atoms with Crippen LogP contribution >= 0.6 is 0 Å². The first-order chi connectivity index (χ1) is 10.5. The third-order valence-electron chi connectivity index (χ3n) is 3.68. The van der Waals surface area contributed by atoms with Crippen LogP contribution in [0.15, 0.2) is 42.5 Å². The van der Waals surface area contributed by atoms with E-state index < -0.39 is 0 Å². The lowest BCUT2D eigenvalue weighted by molar-refractivity contribution is 0.251. The number of hydrogen-bond donors (Lipinski definition) is 2. The molecule has 0 saturated heterocycles. The third-order valence-corrected chi connectivity index (χ3v) is 3.68. The molecule has 4 nitrogen and oxygen atoms in total. The number of carbonyl (C=O) groups is 1. The molecule has 0 atom stereocenters. The van der Waals surface area contributed by atoms with E-state index in [0.29, 0.717) is 6.54 Å². The zero-order chi connectivity index (χ0) is 16.1. The molecule has 0 aliphatic rings. The largest absolute Gasteiger partial charge is 0.378 e. The van der Waals surface area contributed by atoms with Crippen molar-refractivity contribution in [1.29, 1.82) is 0 Å². The molecule has 0 fully saturated rings. The second-order valence-corrected chi connectivity index (χ2v) is 5.63. The van der Waals surface area contributed by atoms with Crippen LogP contribution in [0, 0.1) is 13.8 Å². The lowest BCUT2D eigenvalue weighted by Gasteiger charge is -2.16. The van der Waals surface area contributed by atoms with E-state index in [1.807, 2.05) is 69.2 Å². The third kappa shape index (κ3) is 4.01. The predicted octanol–water partition coefficient (Wildman–Crippen LogP) is 3.69. The van der Waals surface area contributed by atoms with Gasteiger partial charge in [-0.2, -0.15) is 0 Å². The summed E-state index contributed by atoms with van der Waals surface area (Å²) in [6.45, 7) is 4.55. The van der Waals surface area contributed by atoms with E-state index in [4.69, 9.17) is 0 Å². The normalized spacial score (nSPS) is 10.2. The van der Waals surface area contributed by atoms with Gasteiger partial charge in [0.25, 0.3) is 0 Å². The standard InChI is InChI=1S/C18H23N3O/c1-13-7-5-6-8-15(13)12-19-18(22)20-17-10-9-16(21(3)4)11-14(17)2/h5-11H,12H2,1-4H3,(H2,19,20,22). The second kappa shape index (κ2) is 6.98. The Balaban J connectivity index is 1.96. The molecule has 4 heteroatoms. The predicted molar refractivity (Wildman–Crippen MR) is 92.5 cm³/mol. The average Bonchev–Trinajstić information content (AvgIpc) is 2.48. The number of nitrogens with one attached hydrogen (secondary N) is 2. The molecule has 2 aromatic carbocycles. The Hall–Kier alpha value is -2.49. The number of hydrogen-bond acceptors (Lipinski definition) is 2. The molecular weight excluding hydrogens is 274 g/mol. The minimum atomic E-state index is -0.191. The van der Waals surface area contributed by atoms with Gasteiger partial charge in [0.05, 0.1) is 0 Å².